The van der Waals surface area contributed by atoms with Gasteiger partial charge in [-0.15, -0.1) is 0 Å². The fraction of sp³-hybridized carbons (Fsp3) is 0.467. The number of aromatic nitrogens is 2. The number of benzene rings is 1. The molecule has 0 bridgehead atoms. The maximum Gasteiger partial charge on any atom is 0.227 e. The normalized spacial score (nSPS) is 10.7. The molecule has 5 nitrogen and oxygen atoms in total. The summed E-state index contributed by atoms with van der Waals surface area (Å²) in [4.78, 5) is 6.33. The molecule has 0 aliphatic heterocycles. The van der Waals surface area contributed by atoms with Crippen molar-refractivity contribution in [1.29, 1.82) is 0 Å². The Hall–Kier alpha value is -1.88. The Morgan fingerprint density at radius 3 is 2.50 bits per heavy atom. The van der Waals surface area contributed by atoms with Gasteiger partial charge in [0.15, 0.2) is 6.33 Å². The molecule has 1 aromatic heterocycles. The van der Waals surface area contributed by atoms with Crippen LogP contribution in [0.3, 0.4) is 0 Å². The van der Waals surface area contributed by atoms with Crippen molar-refractivity contribution in [2.24, 2.45) is 0 Å². The van der Waals surface area contributed by atoms with Gasteiger partial charge in [0.1, 0.15) is 0 Å². The second kappa shape index (κ2) is 7.65. The van der Waals surface area contributed by atoms with E-state index in [2.05, 4.69) is 58.5 Å². The van der Waals surface area contributed by atoms with Gasteiger partial charge in [-0.25, -0.2) is 0 Å². The van der Waals surface area contributed by atoms with E-state index in [4.69, 9.17) is 4.52 Å². The summed E-state index contributed by atoms with van der Waals surface area (Å²) in [5.41, 5.74) is 2.57. The maximum absolute atomic E-state index is 4.95. The highest BCUT2D eigenvalue weighted by molar-refractivity contribution is 5.47. The minimum Gasteiger partial charge on any atom is -0.372 e. The molecule has 0 unspecified atom stereocenters. The van der Waals surface area contributed by atoms with E-state index in [0.29, 0.717) is 5.89 Å². The molecule has 0 spiro atoms. The summed E-state index contributed by atoms with van der Waals surface area (Å²) < 4.78 is 4.95. The third kappa shape index (κ3) is 4.06. The lowest BCUT2D eigenvalue weighted by molar-refractivity contribution is 0.375. The van der Waals surface area contributed by atoms with Crippen LogP contribution in [0.5, 0.6) is 0 Å². The topological polar surface area (TPSA) is 54.2 Å². The van der Waals surface area contributed by atoms with Crippen molar-refractivity contribution in [3.63, 3.8) is 0 Å². The van der Waals surface area contributed by atoms with Gasteiger partial charge in [0.2, 0.25) is 5.89 Å². The molecule has 0 radical (unpaired) electrons. The largest absolute Gasteiger partial charge is 0.372 e. The van der Waals surface area contributed by atoms with Crippen LogP contribution in [0, 0.1) is 0 Å². The molecule has 1 heterocycles. The van der Waals surface area contributed by atoms with Gasteiger partial charge >= 0.3 is 0 Å². The third-order valence-electron chi connectivity index (χ3n) is 3.32. The Bertz CT molecular complexity index is 477. The van der Waals surface area contributed by atoms with Gasteiger partial charge in [0.25, 0.3) is 0 Å². The molecule has 0 amide bonds. The van der Waals surface area contributed by atoms with Crippen molar-refractivity contribution in [1.82, 2.24) is 15.5 Å². The number of rotatable bonds is 8. The number of hydrogen-bond donors (Lipinski definition) is 1. The van der Waals surface area contributed by atoms with Crippen LogP contribution in [-0.2, 0) is 13.0 Å². The van der Waals surface area contributed by atoms with E-state index in [1.54, 1.807) is 0 Å². The molecule has 1 aromatic carbocycles. The van der Waals surface area contributed by atoms with E-state index in [9.17, 15) is 0 Å². The van der Waals surface area contributed by atoms with Gasteiger partial charge < -0.3 is 14.7 Å². The first-order chi connectivity index (χ1) is 9.83. The second-order valence-corrected chi connectivity index (χ2v) is 4.60. The summed E-state index contributed by atoms with van der Waals surface area (Å²) in [6.07, 6.45) is 2.19. The molecular formula is C15H22N4O. The van der Waals surface area contributed by atoms with Gasteiger partial charge in [0, 0.05) is 38.3 Å². The van der Waals surface area contributed by atoms with E-state index in [1.165, 1.54) is 17.6 Å². The molecule has 2 rings (SSSR count). The Morgan fingerprint density at radius 1 is 1.15 bits per heavy atom. The molecule has 0 atom stereocenters. The standard InChI is InChI=1S/C15H22N4O/c1-3-19(4-2)14-7-5-13(6-8-14)11-16-10-9-15-17-12-18-20-15/h5-8,12,16H,3-4,9-11H2,1-2H3. The number of anilines is 1. The van der Waals surface area contributed by atoms with Crippen molar-refractivity contribution < 1.29 is 4.52 Å². The first-order valence-electron chi connectivity index (χ1n) is 7.13. The highest BCUT2D eigenvalue weighted by atomic mass is 16.5. The molecule has 5 heteroatoms. The van der Waals surface area contributed by atoms with Crippen LogP contribution in [-0.4, -0.2) is 29.8 Å². The molecule has 108 valence electrons. The predicted molar refractivity (Wildman–Crippen MR) is 79.7 cm³/mol. The van der Waals surface area contributed by atoms with E-state index < -0.39 is 0 Å². The molecule has 20 heavy (non-hydrogen) atoms. The van der Waals surface area contributed by atoms with Crippen molar-refractivity contribution >= 4 is 5.69 Å². The van der Waals surface area contributed by atoms with Crippen LogP contribution in [0.15, 0.2) is 35.1 Å². The number of nitrogens with one attached hydrogen (secondary N) is 1. The van der Waals surface area contributed by atoms with Crippen LogP contribution in [0.2, 0.25) is 0 Å². The first-order valence-corrected chi connectivity index (χ1v) is 7.13. The monoisotopic (exact) mass is 274 g/mol. The zero-order valence-electron chi connectivity index (χ0n) is 12.2. The molecular weight excluding hydrogens is 252 g/mol. The van der Waals surface area contributed by atoms with Crippen LogP contribution in [0.25, 0.3) is 0 Å². The van der Waals surface area contributed by atoms with Crippen LogP contribution >= 0.6 is 0 Å². The summed E-state index contributed by atoms with van der Waals surface area (Å²) in [5.74, 6) is 0.675. The second-order valence-electron chi connectivity index (χ2n) is 4.60. The molecule has 0 aliphatic rings. The smallest absolute Gasteiger partial charge is 0.227 e. The summed E-state index contributed by atoms with van der Waals surface area (Å²) in [7, 11) is 0. The van der Waals surface area contributed by atoms with E-state index in [0.717, 1.165) is 32.6 Å². The highest BCUT2D eigenvalue weighted by Crippen LogP contribution is 2.14. The summed E-state index contributed by atoms with van der Waals surface area (Å²) in [6.45, 7) is 8.12. The lowest BCUT2D eigenvalue weighted by atomic mass is 10.2. The molecule has 0 saturated carbocycles. The average molecular weight is 274 g/mol. The number of nitrogens with zero attached hydrogens (tertiary/aromatic N) is 3. The van der Waals surface area contributed by atoms with Crippen molar-refractivity contribution in [2.45, 2.75) is 26.8 Å². The number of hydrogen-bond acceptors (Lipinski definition) is 5. The zero-order chi connectivity index (χ0) is 14.2. The van der Waals surface area contributed by atoms with Gasteiger partial charge in [0.05, 0.1) is 0 Å². The van der Waals surface area contributed by atoms with Crippen LogP contribution in [0.4, 0.5) is 5.69 Å². The third-order valence-corrected chi connectivity index (χ3v) is 3.32. The predicted octanol–water partition coefficient (Wildman–Crippen LogP) is 2.25. The summed E-state index contributed by atoms with van der Waals surface area (Å²) in [6, 6.07) is 8.71. The van der Waals surface area contributed by atoms with E-state index in [-0.39, 0.29) is 0 Å². The van der Waals surface area contributed by atoms with Gasteiger partial charge in [-0.05, 0) is 31.5 Å². The maximum atomic E-state index is 4.95. The molecule has 0 fully saturated rings. The minimum absolute atomic E-state index is 0.675. The van der Waals surface area contributed by atoms with Crippen LogP contribution in [0.1, 0.15) is 25.3 Å². The molecule has 0 aliphatic carbocycles. The minimum atomic E-state index is 0.675. The van der Waals surface area contributed by atoms with Gasteiger partial charge in [-0.3, -0.25) is 0 Å². The van der Waals surface area contributed by atoms with Crippen molar-refractivity contribution in [2.75, 3.05) is 24.5 Å². The lowest BCUT2D eigenvalue weighted by Crippen LogP contribution is -2.21. The molecule has 1 N–H and O–H groups in total. The fourth-order valence-corrected chi connectivity index (χ4v) is 2.15. The highest BCUT2D eigenvalue weighted by Gasteiger charge is 2.02. The van der Waals surface area contributed by atoms with Crippen molar-refractivity contribution in [3.05, 3.63) is 42.0 Å². The fourth-order valence-electron chi connectivity index (χ4n) is 2.15. The molecule has 2 aromatic rings. The van der Waals surface area contributed by atoms with Crippen LogP contribution < -0.4 is 10.2 Å². The Labute approximate surface area is 120 Å². The van der Waals surface area contributed by atoms with Gasteiger partial charge in [-0.1, -0.05) is 17.3 Å². The molecule has 0 saturated heterocycles. The SMILES string of the molecule is CCN(CC)c1ccc(CNCCc2ncno2)cc1. The average Bonchev–Trinajstić information content (AvgIpc) is 3.00. The van der Waals surface area contributed by atoms with Crippen molar-refractivity contribution in [3.8, 4) is 0 Å². The zero-order valence-corrected chi connectivity index (χ0v) is 12.2. The lowest BCUT2D eigenvalue weighted by Gasteiger charge is -2.21. The first kappa shape index (κ1) is 14.5. The summed E-state index contributed by atoms with van der Waals surface area (Å²) in [5, 5.41) is 6.96. The van der Waals surface area contributed by atoms with E-state index in [1.807, 2.05) is 0 Å². The quantitative estimate of drug-likeness (QED) is 0.748. The van der Waals surface area contributed by atoms with E-state index >= 15 is 0 Å². The Kier molecular flexibility index (Phi) is 5.55. The Morgan fingerprint density at radius 2 is 1.90 bits per heavy atom. The Balaban J connectivity index is 1.76. The summed E-state index contributed by atoms with van der Waals surface area (Å²) >= 11 is 0. The van der Waals surface area contributed by atoms with Gasteiger partial charge in [-0.2, -0.15) is 4.98 Å².